The van der Waals surface area contributed by atoms with Gasteiger partial charge in [0.25, 0.3) is 0 Å². The molecule has 1 fully saturated rings. The second-order valence-electron chi connectivity index (χ2n) is 6.41. The number of carboxylic acids is 1. The second kappa shape index (κ2) is 7.00. The molecule has 1 saturated carbocycles. The highest BCUT2D eigenvalue weighted by Gasteiger charge is 2.42. The molecular formula is C17H21N5O3. The number of hydrogen-bond donors (Lipinski definition) is 2. The van der Waals surface area contributed by atoms with Crippen LogP contribution in [0.15, 0.2) is 30.3 Å². The SMILES string of the molecule is CC(C(=O)NC1(C(=O)O)CCCCC1)n1nnc(-c2ccccc2)n1. The Hall–Kier alpha value is -2.77. The van der Waals surface area contributed by atoms with Gasteiger partial charge in [-0.1, -0.05) is 49.6 Å². The van der Waals surface area contributed by atoms with Gasteiger partial charge in [-0.05, 0) is 25.0 Å². The normalized spacial score (nSPS) is 17.6. The van der Waals surface area contributed by atoms with Gasteiger partial charge in [-0.2, -0.15) is 4.80 Å². The first-order chi connectivity index (χ1) is 12.0. The maximum Gasteiger partial charge on any atom is 0.329 e. The van der Waals surface area contributed by atoms with E-state index in [1.165, 1.54) is 4.80 Å². The lowest BCUT2D eigenvalue weighted by Gasteiger charge is -2.34. The summed E-state index contributed by atoms with van der Waals surface area (Å²) in [4.78, 5) is 25.5. The molecule has 1 heterocycles. The molecular weight excluding hydrogens is 322 g/mol. The zero-order valence-corrected chi connectivity index (χ0v) is 14.1. The van der Waals surface area contributed by atoms with Crippen molar-refractivity contribution in [3.05, 3.63) is 30.3 Å². The molecule has 1 aliphatic rings. The molecule has 8 heteroatoms. The average molecular weight is 343 g/mol. The summed E-state index contributed by atoms with van der Waals surface area (Å²) < 4.78 is 0. The van der Waals surface area contributed by atoms with Gasteiger partial charge in [0.05, 0.1) is 0 Å². The van der Waals surface area contributed by atoms with Crippen LogP contribution < -0.4 is 5.32 Å². The van der Waals surface area contributed by atoms with E-state index >= 15 is 0 Å². The number of aromatic nitrogens is 4. The first-order valence-corrected chi connectivity index (χ1v) is 8.42. The molecule has 8 nitrogen and oxygen atoms in total. The van der Waals surface area contributed by atoms with E-state index in [2.05, 4.69) is 20.7 Å². The lowest BCUT2D eigenvalue weighted by molar-refractivity contribution is -0.149. The molecule has 1 unspecified atom stereocenters. The van der Waals surface area contributed by atoms with Gasteiger partial charge in [0, 0.05) is 5.56 Å². The lowest BCUT2D eigenvalue weighted by atomic mass is 9.81. The molecule has 1 amide bonds. The molecule has 132 valence electrons. The standard InChI is InChI=1S/C17H21N5O3/c1-12(15(23)18-17(16(24)25)10-6-3-7-11-17)22-20-14(19-21-22)13-8-4-2-5-9-13/h2,4-5,8-9,12H,3,6-7,10-11H2,1H3,(H,18,23)(H,24,25). The highest BCUT2D eigenvalue weighted by molar-refractivity contribution is 5.88. The summed E-state index contributed by atoms with van der Waals surface area (Å²) in [6.07, 6.45) is 3.47. The number of carbonyl (C=O) groups excluding carboxylic acids is 1. The zero-order valence-electron chi connectivity index (χ0n) is 14.1. The van der Waals surface area contributed by atoms with Crippen LogP contribution in [-0.2, 0) is 9.59 Å². The number of nitrogens with zero attached hydrogens (tertiary/aromatic N) is 4. The van der Waals surface area contributed by atoms with Crippen molar-refractivity contribution in [2.45, 2.75) is 50.6 Å². The molecule has 0 aliphatic heterocycles. The van der Waals surface area contributed by atoms with Crippen LogP contribution in [-0.4, -0.2) is 42.7 Å². The predicted octanol–water partition coefficient (Wildman–Crippen LogP) is 1.80. The van der Waals surface area contributed by atoms with Gasteiger partial charge in [-0.25, -0.2) is 4.79 Å². The zero-order chi connectivity index (χ0) is 17.9. The monoisotopic (exact) mass is 343 g/mol. The number of benzene rings is 1. The van der Waals surface area contributed by atoms with E-state index in [4.69, 9.17) is 0 Å². The molecule has 0 radical (unpaired) electrons. The third-order valence-corrected chi connectivity index (χ3v) is 4.67. The largest absolute Gasteiger partial charge is 0.480 e. The number of nitrogens with one attached hydrogen (secondary N) is 1. The summed E-state index contributed by atoms with van der Waals surface area (Å²) in [6.45, 7) is 1.63. The van der Waals surface area contributed by atoms with Gasteiger partial charge in [0.1, 0.15) is 11.6 Å². The molecule has 1 aliphatic carbocycles. The Morgan fingerprint density at radius 1 is 1.20 bits per heavy atom. The van der Waals surface area contributed by atoms with Crippen LogP contribution in [0, 0.1) is 0 Å². The van der Waals surface area contributed by atoms with E-state index in [1.807, 2.05) is 30.3 Å². The number of tetrazole rings is 1. The van der Waals surface area contributed by atoms with Crippen molar-refractivity contribution in [2.75, 3.05) is 0 Å². The number of carbonyl (C=O) groups is 2. The third kappa shape index (κ3) is 3.52. The molecule has 1 aromatic heterocycles. The maximum absolute atomic E-state index is 12.6. The predicted molar refractivity (Wildman–Crippen MR) is 89.6 cm³/mol. The van der Waals surface area contributed by atoms with Gasteiger partial charge in [-0.15, -0.1) is 10.2 Å². The van der Waals surface area contributed by atoms with Gasteiger partial charge in [0.15, 0.2) is 0 Å². The molecule has 2 N–H and O–H groups in total. The number of rotatable bonds is 5. The molecule has 1 atom stereocenters. The minimum atomic E-state index is -1.19. The molecule has 3 rings (SSSR count). The van der Waals surface area contributed by atoms with Crippen LogP contribution in [0.4, 0.5) is 0 Å². The first kappa shape index (κ1) is 17.1. The van der Waals surface area contributed by atoms with E-state index in [-0.39, 0.29) is 0 Å². The molecule has 0 saturated heterocycles. The number of hydrogen-bond acceptors (Lipinski definition) is 5. The summed E-state index contributed by atoms with van der Waals surface area (Å²) in [5, 5.41) is 24.5. The Labute approximate surface area is 145 Å². The van der Waals surface area contributed by atoms with Crippen LogP contribution in [0.5, 0.6) is 0 Å². The fraction of sp³-hybridized carbons (Fsp3) is 0.471. The van der Waals surface area contributed by atoms with Crippen molar-refractivity contribution in [1.82, 2.24) is 25.5 Å². The number of amides is 1. The molecule has 25 heavy (non-hydrogen) atoms. The maximum atomic E-state index is 12.6. The first-order valence-electron chi connectivity index (χ1n) is 8.42. The average Bonchev–Trinajstić information content (AvgIpc) is 3.12. The van der Waals surface area contributed by atoms with Crippen LogP contribution in [0.2, 0.25) is 0 Å². The summed E-state index contributed by atoms with van der Waals surface area (Å²) in [5.41, 5.74) is -0.387. The van der Waals surface area contributed by atoms with Crippen molar-refractivity contribution in [1.29, 1.82) is 0 Å². The quantitative estimate of drug-likeness (QED) is 0.856. The molecule has 2 aromatic rings. The van der Waals surface area contributed by atoms with Crippen molar-refractivity contribution in [2.24, 2.45) is 0 Å². The Bertz CT molecular complexity index is 753. The Balaban J connectivity index is 1.74. The van der Waals surface area contributed by atoms with Crippen LogP contribution in [0.25, 0.3) is 11.4 Å². The summed E-state index contributed by atoms with van der Waals surface area (Å²) >= 11 is 0. The highest BCUT2D eigenvalue weighted by Crippen LogP contribution is 2.29. The number of aliphatic carboxylic acids is 1. The van der Waals surface area contributed by atoms with E-state index in [9.17, 15) is 14.7 Å². The highest BCUT2D eigenvalue weighted by atomic mass is 16.4. The van der Waals surface area contributed by atoms with Gasteiger partial charge in [0.2, 0.25) is 11.7 Å². The van der Waals surface area contributed by atoms with Crippen LogP contribution in [0.3, 0.4) is 0 Å². The van der Waals surface area contributed by atoms with Crippen molar-refractivity contribution in [3.8, 4) is 11.4 Å². The van der Waals surface area contributed by atoms with E-state index in [0.29, 0.717) is 18.7 Å². The van der Waals surface area contributed by atoms with Gasteiger partial charge in [-0.3, -0.25) is 4.79 Å². The minimum absolute atomic E-state index is 0.415. The van der Waals surface area contributed by atoms with E-state index in [0.717, 1.165) is 24.8 Å². The Morgan fingerprint density at radius 3 is 2.52 bits per heavy atom. The summed E-state index contributed by atoms with van der Waals surface area (Å²) in [6, 6.07) is 8.58. The van der Waals surface area contributed by atoms with Gasteiger partial charge < -0.3 is 10.4 Å². The smallest absolute Gasteiger partial charge is 0.329 e. The van der Waals surface area contributed by atoms with E-state index in [1.54, 1.807) is 6.92 Å². The van der Waals surface area contributed by atoms with Gasteiger partial charge >= 0.3 is 5.97 Å². The number of carboxylic acid groups (broad SMARTS) is 1. The third-order valence-electron chi connectivity index (χ3n) is 4.67. The molecule has 0 spiro atoms. The molecule has 0 bridgehead atoms. The van der Waals surface area contributed by atoms with Crippen molar-refractivity contribution >= 4 is 11.9 Å². The summed E-state index contributed by atoms with van der Waals surface area (Å²) in [5.74, 6) is -0.976. The fourth-order valence-electron chi connectivity index (χ4n) is 3.08. The van der Waals surface area contributed by atoms with Crippen LogP contribution >= 0.6 is 0 Å². The topological polar surface area (TPSA) is 110 Å². The second-order valence-corrected chi connectivity index (χ2v) is 6.41. The van der Waals surface area contributed by atoms with E-state index < -0.39 is 23.5 Å². The van der Waals surface area contributed by atoms with Crippen molar-refractivity contribution in [3.63, 3.8) is 0 Å². The van der Waals surface area contributed by atoms with Crippen LogP contribution in [0.1, 0.15) is 45.1 Å². The Kier molecular flexibility index (Phi) is 4.78. The molecule has 1 aromatic carbocycles. The minimum Gasteiger partial charge on any atom is -0.480 e. The lowest BCUT2D eigenvalue weighted by Crippen LogP contribution is -2.56. The van der Waals surface area contributed by atoms with Crippen molar-refractivity contribution < 1.29 is 14.7 Å². The fourth-order valence-corrected chi connectivity index (χ4v) is 3.08. The Morgan fingerprint density at radius 2 is 1.88 bits per heavy atom. The summed E-state index contributed by atoms with van der Waals surface area (Å²) in [7, 11) is 0.